The van der Waals surface area contributed by atoms with Crippen LogP contribution >= 0.6 is 0 Å². The molecule has 0 bridgehead atoms. The number of aliphatic hydroxyl groups excluding tert-OH is 7. The number of hydrogen-bond acceptors (Lipinski definition) is 15. The lowest BCUT2D eigenvalue weighted by molar-refractivity contribution is -0.341. The van der Waals surface area contributed by atoms with Gasteiger partial charge in [-0.3, -0.25) is 0 Å². The average Bonchev–Trinajstić information content (AvgIpc) is 3.40. The van der Waals surface area contributed by atoms with Crippen LogP contribution in [-0.2, 0) is 33.2 Å². The highest BCUT2D eigenvalue weighted by molar-refractivity contribution is 5.87. The van der Waals surface area contributed by atoms with Gasteiger partial charge >= 0.3 is 5.97 Å². The molecule has 0 amide bonds. The fourth-order valence-electron chi connectivity index (χ4n) is 5.81. The molecule has 15 heteroatoms. The Morgan fingerprint density at radius 2 is 1.60 bits per heavy atom. The van der Waals surface area contributed by atoms with Crippen molar-refractivity contribution in [2.75, 3.05) is 13.2 Å². The topological polar surface area (TPSA) is 234 Å². The van der Waals surface area contributed by atoms with E-state index in [9.17, 15) is 45.6 Å². The standard InChI is InChI=1S/C30H38O15/c1-13-22(35)27(44-20(34)7-4-14-2-5-16(33)6-3-14)26(39)30(41-13)42-18-10-15(11-31)21-17(18)8-9-40-28(21)45-29-25(38)24(37)23(36)19(12-32)43-29/h2-10,13,17-19,21-33,35-39H,11-12H2,1H3/b7-4+/t13-,17-,18+,19-,21+,22-,23-,24+,25-,26+,27+,28-,29+,30-/m0/s1. The summed E-state index contributed by atoms with van der Waals surface area (Å²) < 4.78 is 34.1. The first-order chi connectivity index (χ1) is 21.5. The summed E-state index contributed by atoms with van der Waals surface area (Å²) in [5.41, 5.74) is 1.03. The largest absolute Gasteiger partial charge is 0.508 e. The van der Waals surface area contributed by atoms with Crippen LogP contribution in [0.4, 0.5) is 0 Å². The Morgan fingerprint density at radius 3 is 2.29 bits per heavy atom. The van der Waals surface area contributed by atoms with Crippen molar-refractivity contribution in [1.82, 2.24) is 0 Å². The van der Waals surface area contributed by atoms with Crippen LogP contribution in [0.3, 0.4) is 0 Å². The molecule has 14 atom stereocenters. The molecule has 2 saturated heterocycles. The number of phenolic OH excluding ortho intramolecular Hbond substituents is 1. The molecule has 2 fully saturated rings. The lowest BCUT2D eigenvalue weighted by Crippen LogP contribution is -2.60. The Kier molecular flexibility index (Phi) is 10.6. The summed E-state index contributed by atoms with van der Waals surface area (Å²) in [5, 5.41) is 81.4. The van der Waals surface area contributed by atoms with E-state index in [0.29, 0.717) is 11.1 Å². The van der Waals surface area contributed by atoms with Gasteiger partial charge in [0.25, 0.3) is 0 Å². The van der Waals surface area contributed by atoms with Gasteiger partial charge in [0.1, 0.15) is 42.4 Å². The molecule has 1 aliphatic carbocycles. The lowest BCUT2D eigenvalue weighted by atomic mass is 9.88. The minimum Gasteiger partial charge on any atom is -0.508 e. The first-order valence-corrected chi connectivity index (χ1v) is 14.5. The van der Waals surface area contributed by atoms with E-state index in [1.807, 2.05) is 0 Å². The Bertz CT molecular complexity index is 1250. The van der Waals surface area contributed by atoms with Crippen molar-refractivity contribution in [2.24, 2.45) is 11.8 Å². The van der Waals surface area contributed by atoms with Gasteiger partial charge in [-0.25, -0.2) is 4.79 Å². The van der Waals surface area contributed by atoms with Crippen LogP contribution in [0, 0.1) is 11.8 Å². The number of rotatable bonds is 9. The van der Waals surface area contributed by atoms with Gasteiger partial charge in [-0.1, -0.05) is 18.2 Å². The molecule has 15 nitrogen and oxygen atoms in total. The molecule has 0 aromatic heterocycles. The van der Waals surface area contributed by atoms with Gasteiger partial charge in [-0.05, 0) is 42.3 Å². The summed E-state index contributed by atoms with van der Waals surface area (Å²) in [4.78, 5) is 12.6. The maximum Gasteiger partial charge on any atom is 0.331 e. The van der Waals surface area contributed by atoms with Gasteiger partial charge in [0.05, 0.1) is 37.6 Å². The first-order valence-electron chi connectivity index (χ1n) is 14.5. The zero-order valence-corrected chi connectivity index (χ0v) is 24.1. The summed E-state index contributed by atoms with van der Waals surface area (Å²) >= 11 is 0. The van der Waals surface area contributed by atoms with Crippen LogP contribution in [-0.4, -0.2) is 134 Å². The second-order valence-corrected chi connectivity index (χ2v) is 11.3. The third kappa shape index (κ3) is 7.08. The number of benzene rings is 1. The highest BCUT2D eigenvalue weighted by Crippen LogP contribution is 2.43. The van der Waals surface area contributed by atoms with Crippen molar-refractivity contribution in [3.05, 3.63) is 59.9 Å². The number of carbonyl (C=O) groups is 1. The second kappa shape index (κ2) is 14.2. The Hall–Kier alpha value is -2.93. The normalized spacial score (nSPS) is 41.4. The zero-order chi connectivity index (χ0) is 32.4. The molecule has 0 saturated carbocycles. The lowest BCUT2D eigenvalue weighted by Gasteiger charge is -2.43. The van der Waals surface area contributed by atoms with E-state index in [-0.39, 0.29) is 5.75 Å². The average molecular weight is 639 g/mol. The highest BCUT2D eigenvalue weighted by atomic mass is 16.8. The fraction of sp³-hybridized carbons (Fsp3) is 0.567. The van der Waals surface area contributed by atoms with Crippen LogP contribution in [0.25, 0.3) is 6.08 Å². The molecule has 0 radical (unpaired) electrons. The predicted octanol–water partition coefficient (Wildman–Crippen LogP) is -1.98. The quantitative estimate of drug-likeness (QED) is 0.0832. The Labute approximate surface area is 257 Å². The van der Waals surface area contributed by atoms with Crippen LogP contribution in [0.5, 0.6) is 5.75 Å². The number of aliphatic hydroxyl groups is 7. The molecule has 3 heterocycles. The molecular formula is C30H38O15. The molecule has 4 aliphatic rings. The number of ether oxygens (including phenoxy) is 6. The summed E-state index contributed by atoms with van der Waals surface area (Å²) in [5.74, 6) is -2.03. The predicted molar refractivity (Wildman–Crippen MR) is 149 cm³/mol. The second-order valence-electron chi connectivity index (χ2n) is 11.3. The molecule has 3 aliphatic heterocycles. The number of hydrogen-bond donors (Lipinski definition) is 8. The molecule has 0 spiro atoms. The maximum atomic E-state index is 12.6. The zero-order valence-electron chi connectivity index (χ0n) is 24.1. The van der Waals surface area contributed by atoms with E-state index in [1.54, 1.807) is 24.3 Å². The van der Waals surface area contributed by atoms with Gasteiger partial charge < -0.3 is 69.3 Å². The van der Waals surface area contributed by atoms with Crippen LogP contribution < -0.4 is 0 Å². The van der Waals surface area contributed by atoms with E-state index >= 15 is 0 Å². The van der Waals surface area contributed by atoms with E-state index in [2.05, 4.69) is 0 Å². The summed E-state index contributed by atoms with van der Waals surface area (Å²) in [6, 6.07) is 6.05. The van der Waals surface area contributed by atoms with Crippen LogP contribution in [0.15, 0.2) is 54.3 Å². The minimum atomic E-state index is -1.68. The van der Waals surface area contributed by atoms with Crippen molar-refractivity contribution in [3.63, 3.8) is 0 Å². The number of esters is 1. The van der Waals surface area contributed by atoms with Crippen LogP contribution in [0.2, 0.25) is 0 Å². The molecule has 248 valence electrons. The van der Waals surface area contributed by atoms with Gasteiger partial charge in [0.2, 0.25) is 6.29 Å². The minimum absolute atomic E-state index is 0.0610. The van der Waals surface area contributed by atoms with Crippen molar-refractivity contribution in [1.29, 1.82) is 0 Å². The van der Waals surface area contributed by atoms with E-state index in [0.717, 1.165) is 6.08 Å². The van der Waals surface area contributed by atoms with Crippen molar-refractivity contribution in [3.8, 4) is 5.75 Å². The molecule has 5 rings (SSSR count). The summed E-state index contributed by atoms with van der Waals surface area (Å²) in [7, 11) is 0. The number of carbonyl (C=O) groups excluding carboxylic acids is 1. The molecular weight excluding hydrogens is 600 g/mol. The first kappa shape index (κ1) is 33.4. The highest BCUT2D eigenvalue weighted by Gasteiger charge is 2.52. The van der Waals surface area contributed by atoms with Crippen molar-refractivity contribution in [2.45, 2.75) is 80.7 Å². The van der Waals surface area contributed by atoms with Gasteiger partial charge in [-0.15, -0.1) is 0 Å². The van der Waals surface area contributed by atoms with Gasteiger partial charge in [-0.2, -0.15) is 0 Å². The molecule has 45 heavy (non-hydrogen) atoms. The van der Waals surface area contributed by atoms with Crippen LogP contribution in [0.1, 0.15) is 12.5 Å². The summed E-state index contributed by atoms with van der Waals surface area (Å²) in [6.45, 7) is 0.427. The van der Waals surface area contributed by atoms with Crippen molar-refractivity contribution < 1.29 is 74.1 Å². The van der Waals surface area contributed by atoms with Gasteiger partial charge in [0, 0.05) is 12.0 Å². The fourth-order valence-corrected chi connectivity index (χ4v) is 5.81. The molecule has 8 N–H and O–H groups in total. The summed E-state index contributed by atoms with van der Waals surface area (Å²) in [6.07, 6.45) is -9.23. The molecule has 1 aromatic rings. The molecule has 0 unspecified atom stereocenters. The van der Waals surface area contributed by atoms with Crippen molar-refractivity contribution >= 4 is 12.0 Å². The number of aromatic hydroxyl groups is 1. The smallest absolute Gasteiger partial charge is 0.331 e. The third-order valence-electron chi connectivity index (χ3n) is 8.34. The van der Waals surface area contributed by atoms with E-state index in [4.69, 9.17) is 28.4 Å². The van der Waals surface area contributed by atoms with E-state index < -0.39 is 105 Å². The Morgan fingerprint density at radius 1 is 0.889 bits per heavy atom. The van der Waals surface area contributed by atoms with Gasteiger partial charge in [0.15, 0.2) is 18.7 Å². The van der Waals surface area contributed by atoms with E-state index in [1.165, 1.54) is 31.4 Å². The monoisotopic (exact) mass is 638 g/mol. The maximum absolute atomic E-state index is 12.6. The number of fused-ring (bicyclic) bond motifs is 1. The third-order valence-corrected chi connectivity index (χ3v) is 8.34. The molecule has 1 aromatic carbocycles. The Balaban J connectivity index is 1.26. The SMILES string of the molecule is C[C@@H]1O[C@@H](O[C@@H]2C=C(CO)[C@H]3[C@H](O[C@H]4O[C@@H](CO)[C@H](O)[C@@H](O)[C@@H]4O)OC=C[C@H]32)[C@H](O)[C@H](OC(=O)/C=C/c2ccc(O)cc2)[C@H]1O. The number of phenols is 1.